The molecular formula is C26H28N4O3. The van der Waals surface area contributed by atoms with Crippen LogP contribution in [-0.2, 0) is 15.1 Å². The fraction of sp³-hybridized carbons (Fsp3) is 0.423. The van der Waals surface area contributed by atoms with Gasteiger partial charge in [0, 0.05) is 31.6 Å². The number of nitrogens with zero attached hydrogens (tertiary/aromatic N) is 3. The quantitative estimate of drug-likeness (QED) is 0.703. The van der Waals surface area contributed by atoms with E-state index in [2.05, 4.69) is 18.7 Å². The number of hydrogen-bond donors (Lipinski definition) is 1. The molecule has 1 spiro atoms. The maximum absolute atomic E-state index is 13.6. The van der Waals surface area contributed by atoms with Gasteiger partial charge in [-0.3, -0.25) is 9.69 Å². The molecule has 5 rings (SSSR count). The summed E-state index contributed by atoms with van der Waals surface area (Å²) in [5, 5.41) is 0. The number of carbonyl (C=O) groups is 1. The van der Waals surface area contributed by atoms with E-state index in [1.807, 2.05) is 36.4 Å². The molecule has 0 saturated carbocycles. The molecular weight excluding hydrogens is 416 g/mol. The molecule has 3 aliphatic heterocycles. The standard InChI is InChI=1S/C26H28N4O3/c1-25(2)14-18(10-11-32-25)22-15-26(23(31)30(4)24(27)29-26)20-13-17(8-9-21(20)33-22)16-6-5-7-19(12-16)28-3/h5-9,12-13,18,22H,10-11,14-15H2,1-2,4H3,(H2,27,29). The van der Waals surface area contributed by atoms with Crippen molar-refractivity contribution in [2.75, 3.05) is 13.7 Å². The number of likely N-dealkylation sites (N-methyl/N-ethyl adjacent to an activating group) is 1. The zero-order valence-corrected chi connectivity index (χ0v) is 19.2. The first kappa shape index (κ1) is 21.5. The van der Waals surface area contributed by atoms with Gasteiger partial charge in [-0.15, -0.1) is 0 Å². The first-order chi connectivity index (χ1) is 15.7. The highest BCUT2D eigenvalue weighted by Gasteiger charge is 2.55. The van der Waals surface area contributed by atoms with Crippen molar-refractivity contribution in [3.8, 4) is 16.9 Å². The highest BCUT2D eigenvalue weighted by Crippen LogP contribution is 2.49. The van der Waals surface area contributed by atoms with Crippen LogP contribution in [0.2, 0.25) is 0 Å². The van der Waals surface area contributed by atoms with E-state index >= 15 is 0 Å². The van der Waals surface area contributed by atoms with Crippen molar-refractivity contribution >= 4 is 17.6 Å². The third-order valence-electron chi connectivity index (χ3n) is 7.08. The van der Waals surface area contributed by atoms with E-state index in [4.69, 9.17) is 26.8 Å². The average molecular weight is 445 g/mol. The maximum Gasteiger partial charge on any atom is 0.261 e. The molecule has 1 amide bonds. The second-order valence-corrected chi connectivity index (χ2v) is 9.79. The second-order valence-electron chi connectivity index (χ2n) is 9.79. The van der Waals surface area contributed by atoms with Crippen LogP contribution in [0.4, 0.5) is 5.69 Å². The maximum atomic E-state index is 13.6. The average Bonchev–Trinajstić information content (AvgIpc) is 3.02. The lowest BCUT2D eigenvalue weighted by Gasteiger charge is -2.44. The van der Waals surface area contributed by atoms with Gasteiger partial charge in [-0.25, -0.2) is 9.84 Å². The molecule has 7 nitrogen and oxygen atoms in total. The molecule has 3 atom stereocenters. The summed E-state index contributed by atoms with van der Waals surface area (Å²) in [6.07, 6.45) is 2.01. The van der Waals surface area contributed by atoms with Crippen molar-refractivity contribution in [3.05, 3.63) is 59.4 Å². The Hall–Kier alpha value is -3.37. The van der Waals surface area contributed by atoms with Crippen LogP contribution < -0.4 is 10.5 Å². The fourth-order valence-electron chi connectivity index (χ4n) is 5.36. The van der Waals surface area contributed by atoms with Crippen molar-refractivity contribution in [3.63, 3.8) is 0 Å². The SMILES string of the molecule is [C-]#[N+]c1cccc(-c2ccc3c(c2)C2(CC(C4CCOC(C)(C)C4)O3)N=C(N)N(C)C2=O)c1. The fourth-order valence-corrected chi connectivity index (χ4v) is 5.36. The van der Waals surface area contributed by atoms with Crippen molar-refractivity contribution in [1.29, 1.82) is 0 Å². The summed E-state index contributed by atoms with van der Waals surface area (Å²) in [4.78, 5) is 23.3. The van der Waals surface area contributed by atoms with Gasteiger partial charge in [0.05, 0.1) is 12.2 Å². The van der Waals surface area contributed by atoms with Gasteiger partial charge in [-0.1, -0.05) is 24.3 Å². The molecule has 3 aliphatic rings. The number of benzene rings is 2. The van der Waals surface area contributed by atoms with Gasteiger partial charge in [-0.2, -0.15) is 0 Å². The van der Waals surface area contributed by atoms with Gasteiger partial charge in [0.1, 0.15) is 11.9 Å². The Balaban J connectivity index is 1.60. The molecule has 170 valence electrons. The van der Waals surface area contributed by atoms with Crippen LogP contribution >= 0.6 is 0 Å². The second kappa shape index (κ2) is 7.60. The Morgan fingerprint density at radius 2 is 1.97 bits per heavy atom. The zero-order valence-electron chi connectivity index (χ0n) is 19.2. The van der Waals surface area contributed by atoms with Crippen LogP contribution in [0.5, 0.6) is 5.75 Å². The minimum atomic E-state index is -1.10. The molecule has 3 unspecified atom stereocenters. The van der Waals surface area contributed by atoms with Crippen molar-refractivity contribution in [1.82, 2.24) is 4.90 Å². The first-order valence-electron chi connectivity index (χ1n) is 11.3. The number of fused-ring (bicyclic) bond motifs is 2. The van der Waals surface area contributed by atoms with Crippen molar-refractivity contribution in [2.45, 2.75) is 50.4 Å². The lowest BCUT2D eigenvalue weighted by atomic mass is 9.74. The topological polar surface area (TPSA) is 81.5 Å². The van der Waals surface area contributed by atoms with E-state index in [1.54, 1.807) is 13.1 Å². The van der Waals surface area contributed by atoms with E-state index in [0.717, 1.165) is 29.5 Å². The smallest absolute Gasteiger partial charge is 0.261 e. The summed E-state index contributed by atoms with van der Waals surface area (Å²) in [5.74, 6) is 1.01. The van der Waals surface area contributed by atoms with E-state index in [9.17, 15) is 4.79 Å². The molecule has 2 N–H and O–H groups in total. The van der Waals surface area contributed by atoms with Gasteiger partial charge in [0.25, 0.3) is 5.91 Å². The number of carbonyl (C=O) groups excluding carboxylic acids is 1. The first-order valence-corrected chi connectivity index (χ1v) is 11.3. The van der Waals surface area contributed by atoms with Gasteiger partial charge in [0.15, 0.2) is 17.2 Å². The van der Waals surface area contributed by atoms with E-state index in [1.165, 1.54) is 4.90 Å². The number of hydrogen-bond acceptors (Lipinski definition) is 5. The molecule has 0 radical (unpaired) electrons. The van der Waals surface area contributed by atoms with E-state index in [0.29, 0.717) is 24.5 Å². The molecule has 33 heavy (non-hydrogen) atoms. The van der Waals surface area contributed by atoms with Crippen LogP contribution in [0.15, 0.2) is 47.5 Å². The summed E-state index contributed by atoms with van der Waals surface area (Å²) in [6, 6.07) is 13.3. The van der Waals surface area contributed by atoms with Crippen LogP contribution in [-0.4, -0.2) is 42.1 Å². The highest BCUT2D eigenvalue weighted by atomic mass is 16.5. The molecule has 0 aliphatic carbocycles. The Morgan fingerprint density at radius 3 is 2.67 bits per heavy atom. The summed E-state index contributed by atoms with van der Waals surface area (Å²) in [5.41, 5.74) is 7.93. The minimum absolute atomic E-state index is 0.132. The van der Waals surface area contributed by atoms with Crippen molar-refractivity contribution in [2.24, 2.45) is 16.6 Å². The number of aliphatic imine (C=N–C) groups is 1. The highest BCUT2D eigenvalue weighted by molar-refractivity contribution is 6.07. The van der Waals surface area contributed by atoms with Crippen LogP contribution in [0, 0.1) is 12.5 Å². The molecule has 3 heterocycles. The summed E-state index contributed by atoms with van der Waals surface area (Å²) < 4.78 is 12.4. The Morgan fingerprint density at radius 1 is 1.18 bits per heavy atom. The Labute approximate surface area is 194 Å². The molecule has 0 bridgehead atoms. The number of guanidine groups is 1. The van der Waals surface area contributed by atoms with Crippen LogP contribution in [0.1, 0.15) is 38.7 Å². The number of nitrogens with two attached hydrogens (primary N) is 1. The number of rotatable bonds is 2. The zero-order chi connectivity index (χ0) is 23.4. The predicted molar refractivity (Wildman–Crippen MR) is 126 cm³/mol. The van der Waals surface area contributed by atoms with Gasteiger partial charge < -0.3 is 15.2 Å². The summed E-state index contributed by atoms with van der Waals surface area (Å²) in [6.45, 7) is 12.2. The molecule has 2 aromatic rings. The van der Waals surface area contributed by atoms with Crippen molar-refractivity contribution < 1.29 is 14.3 Å². The normalized spacial score (nSPS) is 28.1. The molecule has 7 heteroatoms. The van der Waals surface area contributed by atoms with Crippen LogP contribution in [0.3, 0.4) is 0 Å². The third-order valence-corrected chi connectivity index (χ3v) is 7.08. The molecule has 2 aromatic carbocycles. The summed E-state index contributed by atoms with van der Waals surface area (Å²) >= 11 is 0. The molecule has 0 aromatic heterocycles. The number of amides is 1. The minimum Gasteiger partial charge on any atom is -0.490 e. The van der Waals surface area contributed by atoms with Gasteiger partial charge in [-0.05, 0) is 56.0 Å². The van der Waals surface area contributed by atoms with Crippen LogP contribution in [0.25, 0.3) is 16.0 Å². The monoisotopic (exact) mass is 444 g/mol. The third kappa shape index (κ3) is 3.55. The predicted octanol–water partition coefficient (Wildman–Crippen LogP) is 4.24. The largest absolute Gasteiger partial charge is 0.490 e. The summed E-state index contributed by atoms with van der Waals surface area (Å²) in [7, 11) is 1.67. The Bertz CT molecular complexity index is 1200. The van der Waals surface area contributed by atoms with E-state index < -0.39 is 5.54 Å². The lowest BCUT2D eigenvalue weighted by Crippen LogP contribution is -2.49. The molecule has 1 saturated heterocycles. The van der Waals surface area contributed by atoms with Gasteiger partial charge in [0.2, 0.25) is 0 Å². The van der Waals surface area contributed by atoms with E-state index in [-0.39, 0.29) is 29.5 Å². The lowest BCUT2D eigenvalue weighted by molar-refractivity contribution is -0.134. The number of ether oxygens (including phenoxy) is 2. The Kier molecular flexibility index (Phi) is 4.95. The molecule has 1 fully saturated rings. The van der Waals surface area contributed by atoms with Gasteiger partial charge >= 0.3 is 0 Å².